The molecule has 0 radical (unpaired) electrons. The van der Waals surface area contributed by atoms with E-state index >= 15 is 0 Å². The van der Waals surface area contributed by atoms with Gasteiger partial charge in [0.25, 0.3) is 0 Å². The Balaban J connectivity index is 1.49. The van der Waals surface area contributed by atoms with Gasteiger partial charge in [-0.3, -0.25) is 9.69 Å². The van der Waals surface area contributed by atoms with Gasteiger partial charge in [0.05, 0.1) is 49.5 Å². The van der Waals surface area contributed by atoms with Gasteiger partial charge in [-0.2, -0.15) is 0 Å². The molecule has 36 heavy (non-hydrogen) atoms. The number of aromatic nitrogens is 3. The molecule has 0 spiro atoms. The van der Waals surface area contributed by atoms with E-state index in [1.165, 1.54) is 5.56 Å². The molecule has 10 heteroatoms. The van der Waals surface area contributed by atoms with Crippen molar-refractivity contribution in [2.75, 3.05) is 51.8 Å². The van der Waals surface area contributed by atoms with E-state index in [0.29, 0.717) is 45.7 Å². The van der Waals surface area contributed by atoms with Crippen LogP contribution in [0, 0.1) is 5.92 Å². The zero-order valence-corrected chi connectivity index (χ0v) is 22.0. The van der Waals surface area contributed by atoms with Crippen LogP contribution in [-0.4, -0.2) is 94.9 Å². The number of benzene rings is 1. The Morgan fingerprint density at radius 2 is 2.14 bits per heavy atom. The molecule has 1 N–H and O–H groups in total. The number of fused-ring (bicyclic) bond motifs is 2. The van der Waals surface area contributed by atoms with Crippen LogP contribution in [-0.2, 0) is 29.2 Å². The first-order valence-electron chi connectivity index (χ1n) is 12.9. The van der Waals surface area contributed by atoms with Gasteiger partial charge < -0.3 is 24.4 Å². The van der Waals surface area contributed by atoms with E-state index in [0.717, 1.165) is 30.2 Å². The molecule has 0 saturated carbocycles. The SMILES string of the molecule is C[C@@H]1CN([C@@H](C)CO)C(=O)CCCn2nncc2CO[C@H]1CN(C)Cc1ccc2c(c1)OCCN2C. The predicted octanol–water partition coefficient (Wildman–Crippen LogP) is 1.76. The highest BCUT2D eigenvalue weighted by molar-refractivity contribution is 5.76. The number of rotatable bonds is 6. The summed E-state index contributed by atoms with van der Waals surface area (Å²) in [5.41, 5.74) is 3.22. The molecular weight excluding hydrogens is 460 g/mol. The molecule has 1 aromatic carbocycles. The van der Waals surface area contributed by atoms with Crippen molar-refractivity contribution in [3.05, 3.63) is 35.7 Å². The molecule has 1 aromatic heterocycles. The number of carbonyl (C=O) groups is 1. The lowest BCUT2D eigenvalue weighted by atomic mass is 10.0. The van der Waals surface area contributed by atoms with Crippen LogP contribution in [0.4, 0.5) is 5.69 Å². The molecule has 198 valence electrons. The highest BCUT2D eigenvalue weighted by Gasteiger charge is 2.28. The van der Waals surface area contributed by atoms with Gasteiger partial charge in [-0.05, 0) is 38.1 Å². The van der Waals surface area contributed by atoms with Crippen LogP contribution in [0.3, 0.4) is 0 Å². The van der Waals surface area contributed by atoms with E-state index in [9.17, 15) is 9.90 Å². The Kier molecular flexibility index (Phi) is 8.81. The molecule has 0 saturated heterocycles. The Hall–Kier alpha value is -2.69. The number of hydrogen-bond acceptors (Lipinski definition) is 8. The standard InChI is InChI=1S/C26H40N6O4/c1-19-14-31(20(2)17-33)26(34)6-5-9-32-22(13-27-28-32)18-36-25(19)16-29(3)15-21-7-8-23-24(12-21)35-11-10-30(23)4/h7-8,12-13,19-20,25,33H,5-6,9-11,14-18H2,1-4H3/t19-,20+,25+/m1/s1. The molecule has 2 aliphatic heterocycles. The molecule has 10 nitrogen and oxygen atoms in total. The molecule has 3 atom stereocenters. The van der Waals surface area contributed by atoms with Crippen LogP contribution in [0.25, 0.3) is 0 Å². The van der Waals surface area contributed by atoms with Crippen molar-refractivity contribution in [3.63, 3.8) is 0 Å². The van der Waals surface area contributed by atoms with Crippen molar-refractivity contribution in [1.82, 2.24) is 24.8 Å². The van der Waals surface area contributed by atoms with Crippen molar-refractivity contribution >= 4 is 11.6 Å². The van der Waals surface area contributed by atoms with E-state index < -0.39 is 0 Å². The maximum atomic E-state index is 13.0. The van der Waals surface area contributed by atoms with Crippen molar-refractivity contribution in [2.24, 2.45) is 5.92 Å². The molecule has 2 aliphatic rings. The summed E-state index contributed by atoms with van der Waals surface area (Å²) in [6.07, 6.45) is 2.70. The Morgan fingerprint density at radius 3 is 2.94 bits per heavy atom. The molecule has 2 aromatic rings. The van der Waals surface area contributed by atoms with Crippen LogP contribution in [0.5, 0.6) is 5.75 Å². The number of aliphatic hydroxyl groups is 1. The fourth-order valence-electron chi connectivity index (χ4n) is 4.93. The molecular formula is C26H40N6O4. The molecule has 3 heterocycles. The highest BCUT2D eigenvalue weighted by atomic mass is 16.5. The van der Waals surface area contributed by atoms with Gasteiger partial charge in [0, 0.05) is 45.6 Å². The summed E-state index contributed by atoms with van der Waals surface area (Å²) in [5.74, 6) is 1.05. The van der Waals surface area contributed by atoms with E-state index in [2.05, 4.69) is 59.3 Å². The second-order valence-electron chi connectivity index (χ2n) is 10.2. The molecule has 1 amide bonds. The number of anilines is 1. The van der Waals surface area contributed by atoms with Gasteiger partial charge in [-0.15, -0.1) is 5.10 Å². The number of hydrogen-bond donors (Lipinski definition) is 1. The smallest absolute Gasteiger partial charge is 0.222 e. The number of aryl methyl sites for hydroxylation is 1. The van der Waals surface area contributed by atoms with Crippen LogP contribution in [0.15, 0.2) is 24.4 Å². The number of aliphatic hydroxyl groups excluding tert-OH is 1. The minimum atomic E-state index is -0.239. The van der Waals surface area contributed by atoms with Crippen LogP contribution in [0.2, 0.25) is 0 Å². The summed E-state index contributed by atoms with van der Waals surface area (Å²) < 4.78 is 14.2. The minimum Gasteiger partial charge on any atom is -0.490 e. The predicted molar refractivity (Wildman–Crippen MR) is 137 cm³/mol. The van der Waals surface area contributed by atoms with Gasteiger partial charge in [-0.25, -0.2) is 4.68 Å². The summed E-state index contributed by atoms with van der Waals surface area (Å²) in [7, 11) is 4.17. The lowest BCUT2D eigenvalue weighted by Gasteiger charge is -2.35. The van der Waals surface area contributed by atoms with Crippen molar-refractivity contribution in [1.29, 1.82) is 0 Å². The monoisotopic (exact) mass is 500 g/mol. The summed E-state index contributed by atoms with van der Waals surface area (Å²) in [6, 6.07) is 6.16. The van der Waals surface area contributed by atoms with Crippen LogP contribution < -0.4 is 9.64 Å². The van der Waals surface area contributed by atoms with Gasteiger partial charge >= 0.3 is 0 Å². The number of ether oxygens (including phenoxy) is 2. The maximum Gasteiger partial charge on any atom is 0.222 e. The minimum absolute atomic E-state index is 0.0526. The van der Waals surface area contributed by atoms with E-state index in [-0.39, 0.29) is 30.6 Å². The summed E-state index contributed by atoms with van der Waals surface area (Å²) >= 11 is 0. The van der Waals surface area contributed by atoms with Crippen LogP contribution in [0.1, 0.15) is 37.9 Å². The Morgan fingerprint density at radius 1 is 1.31 bits per heavy atom. The number of likely N-dealkylation sites (N-methyl/N-ethyl adjacent to an activating group) is 2. The fourth-order valence-corrected chi connectivity index (χ4v) is 4.93. The van der Waals surface area contributed by atoms with Crippen molar-refractivity contribution in [2.45, 2.75) is 58.5 Å². The van der Waals surface area contributed by atoms with Gasteiger partial charge in [-0.1, -0.05) is 18.2 Å². The first-order chi connectivity index (χ1) is 17.4. The number of carbonyl (C=O) groups excluding carboxylic acids is 1. The molecule has 4 rings (SSSR count). The number of amides is 1. The third-order valence-corrected chi connectivity index (χ3v) is 7.20. The summed E-state index contributed by atoms with van der Waals surface area (Å²) in [6.45, 7) is 8.55. The molecule has 0 aliphatic carbocycles. The second-order valence-corrected chi connectivity index (χ2v) is 10.2. The zero-order chi connectivity index (χ0) is 25.7. The first kappa shape index (κ1) is 26.4. The average molecular weight is 501 g/mol. The van der Waals surface area contributed by atoms with E-state index in [4.69, 9.17) is 9.47 Å². The quantitative estimate of drug-likeness (QED) is 0.641. The van der Waals surface area contributed by atoms with E-state index in [1.54, 1.807) is 6.20 Å². The summed E-state index contributed by atoms with van der Waals surface area (Å²) in [5, 5.41) is 18.0. The third-order valence-electron chi connectivity index (χ3n) is 7.20. The highest BCUT2D eigenvalue weighted by Crippen LogP contribution is 2.31. The molecule has 0 unspecified atom stereocenters. The Labute approximate surface area is 213 Å². The molecule has 0 bridgehead atoms. The normalized spacial score (nSPS) is 22.3. The third kappa shape index (κ3) is 6.35. The maximum absolute atomic E-state index is 13.0. The first-order valence-corrected chi connectivity index (χ1v) is 12.9. The van der Waals surface area contributed by atoms with Crippen molar-refractivity contribution in [3.8, 4) is 5.75 Å². The van der Waals surface area contributed by atoms with Crippen LogP contribution >= 0.6 is 0 Å². The largest absolute Gasteiger partial charge is 0.490 e. The lowest BCUT2D eigenvalue weighted by Crippen LogP contribution is -2.47. The number of nitrogens with zero attached hydrogens (tertiary/aromatic N) is 6. The molecule has 0 fully saturated rings. The van der Waals surface area contributed by atoms with Gasteiger partial charge in [0.2, 0.25) is 5.91 Å². The summed E-state index contributed by atoms with van der Waals surface area (Å²) in [4.78, 5) is 19.3. The van der Waals surface area contributed by atoms with Gasteiger partial charge in [0.1, 0.15) is 12.4 Å². The van der Waals surface area contributed by atoms with E-state index in [1.807, 2.05) is 16.5 Å². The lowest BCUT2D eigenvalue weighted by molar-refractivity contribution is -0.136. The topological polar surface area (TPSA) is 96.2 Å². The Bertz CT molecular complexity index is 1010. The van der Waals surface area contributed by atoms with Crippen molar-refractivity contribution < 1.29 is 19.4 Å². The second kappa shape index (κ2) is 12.0. The average Bonchev–Trinajstić information content (AvgIpc) is 3.31. The fraction of sp³-hybridized carbons (Fsp3) is 0.654. The zero-order valence-electron chi connectivity index (χ0n) is 22.0. The van der Waals surface area contributed by atoms with Gasteiger partial charge in [0.15, 0.2) is 0 Å².